The summed E-state index contributed by atoms with van der Waals surface area (Å²) in [6.45, 7) is 0. The molecule has 1 aromatic heterocycles. The highest BCUT2D eigenvalue weighted by atomic mass is 16.1. The molecular weight excluding hydrogens is 242 g/mol. The minimum absolute atomic E-state index is 0.0635. The molecule has 19 heavy (non-hydrogen) atoms. The number of amides is 1. The molecule has 2 rings (SSSR count). The Bertz CT molecular complexity index is 523. The molecule has 0 saturated heterocycles. The van der Waals surface area contributed by atoms with Gasteiger partial charge in [-0.3, -0.25) is 14.7 Å². The fraction of sp³-hybridized carbons (Fsp3) is 0.214. The fourth-order valence-electron chi connectivity index (χ4n) is 1.92. The van der Waals surface area contributed by atoms with Crippen molar-refractivity contribution < 1.29 is 9.59 Å². The lowest BCUT2D eigenvalue weighted by molar-refractivity contribution is -0.119. The molecule has 0 spiro atoms. The number of nitrogens with one attached hydrogen (secondary N) is 2. The van der Waals surface area contributed by atoms with Crippen LogP contribution in [-0.2, 0) is 16.0 Å². The van der Waals surface area contributed by atoms with Crippen molar-refractivity contribution in [1.82, 2.24) is 15.5 Å². The highest BCUT2D eigenvalue weighted by Gasteiger charge is 2.17. The van der Waals surface area contributed by atoms with Gasteiger partial charge in [-0.2, -0.15) is 5.10 Å². The zero-order valence-corrected chi connectivity index (χ0v) is 10.4. The molecule has 0 aliphatic heterocycles. The second kappa shape index (κ2) is 6.49. The number of ketones is 1. The van der Waals surface area contributed by atoms with Gasteiger partial charge in [0.1, 0.15) is 5.78 Å². The molecule has 1 aromatic carbocycles. The van der Waals surface area contributed by atoms with E-state index in [1.54, 1.807) is 12.3 Å². The summed E-state index contributed by atoms with van der Waals surface area (Å²) in [6.07, 6.45) is 2.85. The van der Waals surface area contributed by atoms with Crippen molar-refractivity contribution in [2.75, 3.05) is 0 Å². The van der Waals surface area contributed by atoms with Crippen LogP contribution in [0.3, 0.4) is 0 Å². The standard InChI is InChI=1S/C14H15N3O2/c18-10-15-14(13-6-7-16-17-13)9-12(19)8-11-4-2-1-3-5-11/h1-7,10,14H,8-9H2,(H,15,18)(H,16,17). The van der Waals surface area contributed by atoms with Crippen LogP contribution in [0, 0.1) is 0 Å². The lowest BCUT2D eigenvalue weighted by Crippen LogP contribution is -2.23. The first-order chi connectivity index (χ1) is 9.29. The van der Waals surface area contributed by atoms with E-state index in [1.807, 2.05) is 30.3 Å². The highest BCUT2D eigenvalue weighted by molar-refractivity contribution is 5.81. The summed E-state index contributed by atoms with van der Waals surface area (Å²) in [5.74, 6) is 0.0635. The van der Waals surface area contributed by atoms with Crippen LogP contribution in [0.1, 0.15) is 23.7 Å². The SMILES string of the molecule is O=CNC(CC(=O)Cc1ccccc1)c1cc[nH]n1. The van der Waals surface area contributed by atoms with E-state index in [2.05, 4.69) is 15.5 Å². The Morgan fingerprint density at radius 2 is 2.11 bits per heavy atom. The van der Waals surface area contributed by atoms with Gasteiger partial charge in [-0.05, 0) is 11.6 Å². The molecule has 1 amide bonds. The Hall–Kier alpha value is -2.43. The van der Waals surface area contributed by atoms with Crippen molar-refractivity contribution in [3.05, 3.63) is 53.9 Å². The molecule has 5 heteroatoms. The van der Waals surface area contributed by atoms with Crippen LogP contribution in [0.5, 0.6) is 0 Å². The number of carbonyl (C=O) groups excluding carboxylic acids is 2. The third kappa shape index (κ3) is 3.77. The number of Topliss-reactive ketones (excluding diaryl/α,β-unsaturated/α-hetero) is 1. The quantitative estimate of drug-likeness (QED) is 0.736. The highest BCUT2D eigenvalue weighted by Crippen LogP contribution is 2.15. The molecule has 0 saturated carbocycles. The predicted molar refractivity (Wildman–Crippen MR) is 70.3 cm³/mol. The van der Waals surface area contributed by atoms with Crippen LogP contribution in [0.2, 0.25) is 0 Å². The molecule has 1 unspecified atom stereocenters. The third-order valence-electron chi connectivity index (χ3n) is 2.82. The van der Waals surface area contributed by atoms with E-state index in [4.69, 9.17) is 0 Å². The number of H-pyrrole nitrogens is 1. The molecule has 0 radical (unpaired) electrons. The molecular formula is C14H15N3O2. The number of hydrogen-bond acceptors (Lipinski definition) is 3. The number of nitrogens with zero attached hydrogens (tertiary/aromatic N) is 1. The smallest absolute Gasteiger partial charge is 0.207 e. The van der Waals surface area contributed by atoms with E-state index in [0.717, 1.165) is 5.56 Å². The van der Waals surface area contributed by atoms with Gasteiger partial charge in [-0.15, -0.1) is 0 Å². The maximum atomic E-state index is 12.0. The maximum Gasteiger partial charge on any atom is 0.207 e. The number of rotatable bonds is 7. The minimum Gasteiger partial charge on any atom is -0.350 e. The van der Waals surface area contributed by atoms with Gasteiger partial charge in [0.25, 0.3) is 0 Å². The fourth-order valence-corrected chi connectivity index (χ4v) is 1.92. The molecule has 1 atom stereocenters. The summed E-state index contributed by atoms with van der Waals surface area (Å²) in [4.78, 5) is 22.6. The van der Waals surface area contributed by atoms with Crippen LogP contribution < -0.4 is 5.32 Å². The number of carbonyl (C=O) groups is 2. The first-order valence-corrected chi connectivity index (χ1v) is 6.04. The van der Waals surface area contributed by atoms with Gasteiger partial charge in [-0.25, -0.2) is 0 Å². The summed E-state index contributed by atoms with van der Waals surface area (Å²) < 4.78 is 0. The van der Waals surface area contributed by atoms with Gasteiger partial charge >= 0.3 is 0 Å². The lowest BCUT2D eigenvalue weighted by atomic mass is 10.0. The molecule has 0 bridgehead atoms. The van der Waals surface area contributed by atoms with Crippen molar-refractivity contribution in [2.45, 2.75) is 18.9 Å². The number of benzene rings is 1. The third-order valence-corrected chi connectivity index (χ3v) is 2.82. The zero-order valence-electron chi connectivity index (χ0n) is 10.4. The van der Waals surface area contributed by atoms with Gasteiger partial charge in [-0.1, -0.05) is 30.3 Å². The van der Waals surface area contributed by atoms with Crippen molar-refractivity contribution in [3.63, 3.8) is 0 Å². The Morgan fingerprint density at radius 3 is 2.74 bits per heavy atom. The van der Waals surface area contributed by atoms with Crippen molar-refractivity contribution in [2.24, 2.45) is 0 Å². The molecule has 0 aliphatic carbocycles. The van der Waals surface area contributed by atoms with Crippen LogP contribution in [0.15, 0.2) is 42.6 Å². The Morgan fingerprint density at radius 1 is 1.32 bits per heavy atom. The summed E-state index contributed by atoms with van der Waals surface area (Å²) in [5.41, 5.74) is 1.63. The molecule has 0 aliphatic rings. The van der Waals surface area contributed by atoms with E-state index in [-0.39, 0.29) is 18.2 Å². The van der Waals surface area contributed by atoms with E-state index in [9.17, 15) is 9.59 Å². The Kier molecular flexibility index (Phi) is 4.44. The molecule has 1 heterocycles. The number of hydrogen-bond donors (Lipinski definition) is 2. The van der Waals surface area contributed by atoms with E-state index in [1.165, 1.54) is 0 Å². The van der Waals surface area contributed by atoms with E-state index >= 15 is 0 Å². The second-order valence-electron chi connectivity index (χ2n) is 4.24. The molecule has 5 nitrogen and oxygen atoms in total. The van der Waals surface area contributed by atoms with Crippen molar-refractivity contribution >= 4 is 12.2 Å². The van der Waals surface area contributed by atoms with Crippen LogP contribution in [0.4, 0.5) is 0 Å². The molecule has 0 fully saturated rings. The normalized spacial score (nSPS) is 11.8. The number of aromatic nitrogens is 2. The van der Waals surface area contributed by atoms with Gasteiger partial charge < -0.3 is 5.32 Å². The summed E-state index contributed by atoms with van der Waals surface area (Å²) >= 11 is 0. The van der Waals surface area contributed by atoms with E-state index in [0.29, 0.717) is 18.5 Å². The molecule has 2 aromatic rings. The molecule has 98 valence electrons. The van der Waals surface area contributed by atoms with E-state index < -0.39 is 0 Å². The lowest BCUT2D eigenvalue weighted by Gasteiger charge is -2.12. The van der Waals surface area contributed by atoms with Gasteiger partial charge in [0.15, 0.2) is 0 Å². The Labute approximate surface area is 111 Å². The zero-order chi connectivity index (χ0) is 13.5. The topological polar surface area (TPSA) is 74.8 Å². The summed E-state index contributed by atoms with van der Waals surface area (Å²) in [5, 5.41) is 9.29. The average molecular weight is 257 g/mol. The second-order valence-corrected chi connectivity index (χ2v) is 4.24. The van der Waals surface area contributed by atoms with Gasteiger partial charge in [0.05, 0.1) is 11.7 Å². The van der Waals surface area contributed by atoms with Crippen LogP contribution in [0.25, 0.3) is 0 Å². The number of aromatic amines is 1. The van der Waals surface area contributed by atoms with Crippen molar-refractivity contribution in [3.8, 4) is 0 Å². The van der Waals surface area contributed by atoms with Gasteiger partial charge in [0, 0.05) is 19.0 Å². The monoisotopic (exact) mass is 257 g/mol. The first-order valence-electron chi connectivity index (χ1n) is 6.04. The maximum absolute atomic E-state index is 12.0. The average Bonchev–Trinajstić information content (AvgIpc) is 2.93. The summed E-state index contributed by atoms with van der Waals surface area (Å²) in [6, 6.07) is 10.9. The first kappa shape index (κ1) is 13.0. The largest absolute Gasteiger partial charge is 0.350 e. The Balaban J connectivity index is 1.97. The van der Waals surface area contributed by atoms with Gasteiger partial charge in [0.2, 0.25) is 6.41 Å². The van der Waals surface area contributed by atoms with Crippen LogP contribution in [-0.4, -0.2) is 22.4 Å². The molecule has 2 N–H and O–H groups in total. The van der Waals surface area contributed by atoms with Crippen LogP contribution >= 0.6 is 0 Å². The minimum atomic E-state index is -0.375. The predicted octanol–water partition coefficient (Wildman–Crippen LogP) is 1.40. The summed E-state index contributed by atoms with van der Waals surface area (Å²) in [7, 11) is 0. The van der Waals surface area contributed by atoms with Crippen molar-refractivity contribution in [1.29, 1.82) is 0 Å².